The number of piperidine rings is 1. The number of oxazole rings is 1. The fourth-order valence-corrected chi connectivity index (χ4v) is 3.89. The highest BCUT2D eigenvalue weighted by Crippen LogP contribution is 2.28. The van der Waals surface area contributed by atoms with E-state index in [9.17, 15) is 4.79 Å². The van der Waals surface area contributed by atoms with Crippen LogP contribution in [0.15, 0.2) is 59.0 Å². The van der Waals surface area contributed by atoms with Gasteiger partial charge in [0.15, 0.2) is 11.5 Å². The van der Waals surface area contributed by atoms with Crippen LogP contribution in [0.2, 0.25) is 0 Å². The third-order valence-corrected chi connectivity index (χ3v) is 5.34. The van der Waals surface area contributed by atoms with Crippen molar-refractivity contribution in [1.29, 1.82) is 0 Å². The van der Waals surface area contributed by atoms with Crippen LogP contribution in [0, 0.1) is 0 Å². The molecular formula is C23H27N3O2. The molecule has 3 aromatic rings. The number of carbonyl (C=O) groups excluding carboxylic acids is 1. The summed E-state index contributed by atoms with van der Waals surface area (Å²) in [7, 11) is 0. The van der Waals surface area contributed by atoms with Crippen LogP contribution in [0.25, 0.3) is 11.1 Å². The van der Waals surface area contributed by atoms with Gasteiger partial charge in [0.25, 0.3) is 0 Å². The van der Waals surface area contributed by atoms with Gasteiger partial charge < -0.3 is 9.73 Å². The van der Waals surface area contributed by atoms with Crippen molar-refractivity contribution in [3.05, 3.63) is 66.1 Å². The quantitative estimate of drug-likeness (QED) is 0.637. The predicted octanol–water partition coefficient (Wildman–Crippen LogP) is 3.76. The number of hydrogen-bond acceptors (Lipinski definition) is 4. The Morgan fingerprint density at radius 1 is 1.14 bits per heavy atom. The number of aryl methyl sites for hydroxylation is 1. The van der Waals surface area contributed by atoms with E-state index in [-0.39, 0.29) is 11.8 Å². The first-order valence-electron chi connectivity index (χ1n) is 10.2. The normalized spacial score (nSPS) is 17.6. The number of carbonyl (C=O) groups is 1. The minimum Gasteiger partial charge on any atom is -0.440 e. The van der Waals surface area contributed by atoms with Gasteiger partial charge in [-0.2, -0.15) is 0 Å². The lowest BCUT2D eigenvalue weighted by molar-refractivity contribution is -0.122. The third kappa shape index (κ3) is 4.78. The molecule has 2 aromatic carbocycles. The molecule has 4 rings (SSSR count). The van der Waals surface area contributed by atoms with E-state index in [1.807, 2.05) is 30.3 Å². The van der Waals surface area contributed by atoms with Crippen LogP contribution in [0.4, 0.5) is 0 Å². The zero-order valence-electron chi connectivity index (χ0n) is 16.1. The monoisotopic (exact) mass is 377 g/mol. The Hall–Kier alpha value is -2.66. The molecule has 5 nitrogen and oxygen atoms in total. The summed E-state index contributed by atoms with van der Waals surface area (Å²) in [6, 6.07) is 18.3. The van der Waals surface area contributed by atoms with Gasteiger partial charge in [-0.05, 0) is 49.9 Å². The van der Waals surface area contributed by atoms with Gasteiger partial charge in [0, 0.05) is 19.0 Å². The summed E-state index contributed by atoms with van der Waals surface area (Å²) in [4.78, 5) is 19.2. The Kier molecular flexibility index (Phi) is 6.02. The summed E-state index contributed by atoms with van der Waals surface area (Å²) in [6.45, 7) is 2.94. The summed E-state index contributed by atoms with van der Waals surface area (Å²) in [5.74, 6) is 1.16. The largest absolute Gasteiger partial charge is 0.440 e. The summed E-state index contributed by atoms with van der Waals surface area (Å²) in [5.41, 5.74) is 3.06. The van der Waals surface area contributed by atoms with Crippen molar-refractivity contribution in [3.63, 3.8) is 0 Å². The predicted molar refractivity (Wildman–Crippen MR) is 110 cm³/mol. The van der Waals surface area contributed by atoms with Crippen LogP contribution >= 0.6 is 0 Å². The molecule has 1 atom stereocenters. The van der Waals surface area contributed by atoms with Crippen molar-refractivity contribution < 1.29 is 9.21 Å². The number of amides is 1. The fourth-order valence-electron chi connectivity index (χ4n) is 3.89. The summed E-state index contributed by atoms with van der Waals surface area (Å²) < 4.78 is 5.94. The molecule has 2 heterocycles. The SMILES string of the molecule is O=C(CN1CCC[C@H](c2nc3ccccc3o2)C1)NCCCc1ccccc1. The molecule has 146 valence electrons. The summed E-state index contributed by atoms with van der Waals surface area (Å²) >= 11 is 0. The molecule has 1 N–H and O–H groups in total. The zero-order chi connectivity index (χ0) is 19.2. The van der Waals surface area contributed by atoms with E-state index in [1.165, 1.54) is 5.56 Å². The second-order valence-corrected chi connectivity index (χ2v) is 7.53. The molecule has 0 spiro atoms. The molecule has 1 fully saturated rings. The molecule has 0 aliphatic carbocycles. The molecule has 0 bridgehead atoms. The molecule has 0 saturated carbocycles. The smallest absolute Gasteiger partial charge is 0.234 e. The Morgan fingerprint density at radius 2 is 1.96 bits per heavy atom. The van der Waals surface area contributed by atoms with Crippen LogP contribution in [0.5, 0.6) is 0 Å². The Balaban J connectivity index is 1.23. The maximum atomic E-state index is 12.3. The maximum absolute atomic E-state index is 12.3. The summed E-state index contributed by atoms with van der Waals surface area (Å²) in [6.07, 6.45) is 4.07. The van der Waals surface area contributed by atoms with Crippen molar-refractivity contribution in [3.8, 4) is 0 Å². The van der Waals surface area contributed by atoms with Crippen molar-refractivity contribution >= 4 is 17.0 Å². The van der Waals surface area contributed by atoms with E-state index in [0.29, 0.717) is 6.54 Å². The highest BCUT2D eigenvalue weighted by Gasteiger charge is 2.26. The van der Waals surface area contributed by atoms with Gasteiger partial charge in [0.1, 0.15) is 5.52 Å². The number of para-hydroxylation sites is 2. The molecule has 0 unspecified atom stereocenters. The summed E-state index contributed by atoms with van der Waals surface area (Å²) in [5, 5.41) is 3.06. The van der Waals surface area contributed by atoms with Crippen molar-refractivity contribution in [1.82, 2.24) is 15.2 Å². The number of nitrogens with zero attached hydrogens (tertiary/aromatic N) is 2. The van der Waals surface area contributed by atoms with E-state index in [4.69, 9.17) is 4.42 Å². The van der Waals surface area contributed by atoms with E-state index in [0.717, 1.165) is 62.3 Å². The van der Waals surface area contributed by atoms with Gasteiger partial charge in [0.2, 0.25) is 5.91 Å². The van der Waals surface area contributed by atoms with E-state index < -0.39 is 0 Å². The van der Waals surface area contributed by atoms with E-state index >= 15 is 0 Å². The number of nitrogens with one attached hydrogen (secondary N) is 1. The number of benzene rings is 2. The molecule has 1 saturated heterocycles. The Bertz CT molecular complexity index is 873. The second kappa shape index (κ2) is 9.02. The molecule has 0 radical (unpaired) electrons. The van der Waals surface area contributed by atoms with Crippen LogP contribution in [0.1, 0.15) is 36.6 Å². The molecule has 1 aliphatic heterocycles. The molecule has 5 heteroatoms. The van der Waals surface area contributed by atoms with Gasteiger partial charge in [-0.1, -0.05) is 42.5 Å². The van der Waals surface area contributed by atoms with Gasteiger partial charge >= 0.3 is 0 Å². The average molecular weight is 377 g/mol. The molecule has 1 aliphatic rings. The number of aromatic nitrogens is 1. The first kappa shape index (κ1) is 18.7. The number of fused-ring (bicyclic) bond motifs is 1. The van der Waals surface area contributed by atoms with E-state index in [2.05, 4.69) is 39.5 Å². The lowest BCUT2D eigenvalue weighted by atomic mass is 9.98. The van der Waals surface area contributed by atoms with Crippen LogP contribution in [-0.4, -0.2) is 42.0 Å². The maximum Gasteiger partial charge on any atom is 0.234 e. The van der Waals surface area contributed by atoms with Crippen LogP contribution < -0.4 is 5.32 Å². The minimum atomic E-state index is 0.103. The first-order valence-corrected chi connectivity index (χ1v) is 10.2. The van der Waals surface area contributed by atoms with Crippen LogP contribution in [0.3, 0.4) is 0 Å². The van der Waals surface area contributed by atoms with Gasteiger partial charge in [-0.15, -0.1) is 0 Å². The highest BCUT2D eigenvalue weighted by atomic mass is 16.3. The standard InChI is InChI=1S/C23H27N3O2/c27-22(24-14-6-10-18-8-2-1-3-9-18)17-26-15-7-11-19(16-26)23-25-20-12-4-5-13-21(20)28-23/h1-5,8-9,12-13,19H,6-7,10-11,14-17H2,(H,24,27)/t19-/m0/s1. The Morgan fingerprint density at radius 3 is 2.82 bits per heavy atom. The number of rotatable bonds is 7. The second-order valence-electron chi connectivity index (χ2n) is 7.53. The lowest BCUT2D eigenvalue weighted by Crippen LogP contribution is -2.42. The van der Waals surface area contributed by atoms with Crippen LogP contribution in [-0.2, 0) is 11.2 Å². The topological polar surface area (TPSA) is 58.4 Å². The highest BCUT2D eigenvalue weighted by molar-refractivity contribution is 5.78. The van der Waals surface area contributed by atoms with E-state index in [1.54, 1.807) is 0 Å². The fraction of sp³-hybridized carbons (Fsp3) is 0.391. The number of likely N-dealkylation sites (tertiary alicyclic amines) is 1. The van der Waals surface area contributed by atoms with Crippen molar-refractivity contribution in [2.45, 2.75) is 31.6 Å². The number of hydrogen-bond donors (Lipinski definition) is 1. The minimum absolute atomic E-state index is 0.103. The first-order chi connectivity index (χ1) is 13.8. The van der Waals surface area contributed by atoms with Crippen molar-refractivity contribution in [2.24, 2.45) is 0 Å². The van der Waals surface area contributed by atoms with Crippen molar-refractivity contribution in [2.75, 3.05) is 26.2 Å². The average Bonchev–Trinajstić information content (AvgIpc) is 3.17. The third-order valence-electron chi connectivity index (χ3n) is 5.34. The molecular weight excluding hydrogens is 350 g/mol. The van der Waals surface area contributed by atoms with Gasteiger partial charge in [-0.25, -0.2) is 4.98 Å². The Labute approximate surface area is 165 Å². The van der Waals surface area contributed by atoms with Gasteiger partial charge in [0.05, 0.1) is 6.54 Å². The van der Waals surface area contributed by atoms with Gasteiger partial charge in [-0.3, -0.25) is 9.69 Å². The lowest BCUT2D eigenvalue weighted by Gasteiger charge is -2.30. The molecule has 28 heavy (non-hydrogen) atoms. The zero-order valence-corrected chi connectivity index (χ0v) is 16.1. The molecule has 1 aromatic heterocycles. The molecule has 1 amide bonds.